The number of benzene rings is 1. The van der Waals surface area contributed by atoms with E-state index in [1.54, 1.807) is 12.1 Å². The third kappa shape index (κ3) is 3.18. The van der Waals surface area contributed by atoms with E-state index < -0.39 is 0 Å². The quantitative estimate of drug-likeness (QED) is 0.799. The Kier molecular flexibility index (Phi) is 4.02. The van der Waals surface area contributed by atoms with Gasteiger partial charge in [-0.1, -0.05) is 23.2 Å². The second kappa shape index (κ2) is 5.34. The summed E-state index contributed by atoms with van der Waals surface area (Å²) >= 11 is 15.2. The molecule has 0 bridgehead atoms. The Morgan fingerprint density at radius 1 is 1.24 bits per heavy atom. The van der Waals surface area contributed by atoms with E-state index in [9.17, 15) is 0 Å². The molecule has 0 fully saturated rings. The second-order valence-electron chi connectivity index (χ2n) is 3.63. The molecule has 1 aromatic heterocycles. The van der Waals surface area contributed by atoms with Gasteiger partial charge in [-0.2, -0.15) is 0 Å². The highest BCUT2D eigenvalue weighted by Gasteiger charge is 2.11. The molecule has 2 nitrogen and oxygen atoms in total. The molecule has 0 amide bonds. The Morgan fingerprint density at radius 3 is 2.59 bits per heavy atom. The van der Waals surface area contributed by atoms with Gasteiger partial charge in [-0.15, -0.1) is 0 Å². The third-order valence-electron chi connectivity index (χ3n) is 2.32. The normalized spacial score (nSPS) is 12.5. The predicted molar refractivity (Wildman–Crippen MR) is 74.9 cm³/mol. The first-order chi connectivity index (χ1) is 8.06. The van der Waals surface area contributed by atoms with Crippen LogP contribution >= 0.6 is 39.1 Å². The SMILES string of the molecule is CC(Nc1ccc(Cl)cc1Cl)c1ccc(Br)o1. The zero-order valence-corrected chi connectivity index (χ0v) is 12.1. The molecule has 0 aliphatic carbocycles. The van der Waals surface area contributed by atoms with Crippen LogP contribution in [0.1, 0.15) is 18.7 Å². The van der Waals surface area contributed by atoms with Gasteiger partial charge in [0.1, 0.15) is 5.76 Å². The Bertz CT molecular complexity index is 527. The van der Waals surface area contributed by atoms with E-state index in [1.165, 1.54) is 0 Å². The smallest absolute Gasteiger partial charge is 0.169 e. The van der Waals surface area contributed by atoms with Crippen LogP contribution in [0.2, 0.25) is 10.0 Å². The number of furan rings is 1. The van der Waals surface area contributed by atoms with Crippen molar-refractivity contribution in [1.29, 1.82) is 0 Å². The van der Waals surface area contributed by atoms with Gasteiger partial charge in [0.25, 0.3) is 0 Å². The summed E-state index contributed by atoms with van der Waals surface area (Å²) in [5, 5.41) is 4.47. The van der Waals surface area contributed by atoms with Crippen molar-refractivity contribution in [3.05, 3.63) is 50.8 Å². The number of hydrogen-bond donors (Lipinski definition) is 1. The summed E-state index contributed by atoms with van der Waals surface area (Å²) in [6, 6.07) is 9.14. The fourth-order valence-corrected chi connectivity index (χ4v) is 2.25. The zero-order chi connectivity index (χ0) is 12.4. The number of rotatable bonds is 3. The van der Waals surface area contributed by atoms with Crippen LogP contribution in [0.15, 0.2) is 39.4 Å². The molecule has 5 heteroatoms. The zero-order valence-electron chi connectivity index (χ0n) is 9.01. The lowest BCUT2D eigenvalue weighted by Crippen LogP contribution is -2.05. The molecule has 2 rings (SSSR count). The highest BCUT2D eigenvalue weighted by Crippen LogP contribution is 2.29. The molecule has 0 aliphatic rings. The van der Waals surface area contributed by atoms with Gasteiger partial charge in [0, 0.05) is 5.02 Å². The molecule has 2 aromatic rings. The Labute approximate surface area is 118 Å². The molecule has 1 N–H and O–H groups in total. The van der Waals surface area contributed by atoms with Crippen molar-refractivity contribution in [2.45, 2.75) is 13.0 Å². The minimum absolute atomic E-state index is 0.0278. The minimum Gasteiger partial charge on any atom is -0.452 e. The Hall–Kier alpha value is -0.640. The molecule has 17 heavy (non-hydrogen) atoms. The van der Waals surface area contributed by atoms with Crippen molar-refractivity contribution in [2.24, 2.45) is 0 Å². The van der Waals surface area contributed by atoms with Crippen LogP contribution in [-0.2, 0) is 0 Å². The molecule has 0 spiro atoms. The van der Waals surface area contributed by atoms with Crippen LogP contribution in [-0.4, -0.2) is 0 Å². The molecule has 0 saturated heterocycles. The van der Waals surface area contributed by atoms with Crippen LogP contribution in [0, 0.1) is 0 Å². The van der Waals surface area contributed by atoms with Crippen LogP contribution in [0.4, 0.5) is 5.69 Å². The van der Waals surface area contributed by atoms with Crippen molar-refractivity contribution in [3.63, 3.8) is 0 Å². The lowest BCUT2D eigenvalue weighted by molar-refractivity contribution is 0.471. The highest BCUT2D eigenvalue weighted by atomic mass is 79.9. The fourth-order valence-electron chi connectivity index (χ4n) is 1.47. The molecule has 90 valence electrons. The summed E-state index contributed by atoms with van der Waals surface area (Å²) in [6.45, 7) is 2.00. The molecule has 0 saturated carbocycles. The average molecular weight is 335 g/mol. The van der Waals surface area contributed by atoms with Crippen LogP contribution in [0.3, 0.4) is 0 Å². The van der Waals surface area contributed by atoms with Crippen molar-refractivity contribution < 1.29 is 4.42 Å². The highest BCUT2D eigenvalue weighted by molar-refractivity contribution is 9.10. The fraction of sp³-hybridized carbons (Fsp3) is 0.167. The molecular formula is C12H10BrCl2NO. The average Bonchev–Trinajstić information content (AvgIpc) is 2.69. The van der Waals surface area contributed by atoms with E-state index in [4.69, 9.17) is 27.6 Å². The molecule has 0 aliphatic heterocycles. The largest absolute Gasteiger partial charge is 0.452 e. The molecular weight excluding hydrogens is 325 g/mol. The summed E-state index contributed by atoms with van der Waals surface area (Å²) in [7, 11) is 0. The molecule has 1 atom stereocenters. The van der Waals surface area contributed by atoms with E-state index in [-0.39, 0.29) is 6.04 Å². The third-order valence-corrected chi connectivity index (χ3v) is 3.30. The predicted octanol–water partition coefficient (Wildman–Crippen LogP) is 5.52. The lowest BCUT2D eigenvalue weighted by Gasteiger charge is -2.14. The molecule has 1 unspecified atom stereocenters. The van der Waals surface area contributed by atoms with Gasteiger partial charge in [0.2, 0.25) is 0 Å². The van der Waals surface area contributed by atoms with Crippen LogP contribution in [0.25, 0.3) is 0 Å². The standard InChI is InChI=1S/C12H10BrCl2NO/c1-7(11-4-5-12(13)17-11)16-10-3-2-8(14)6-9(10)15/h2-7,16H,1H3. The second-order valence-corrected chi connectivity index (χ2v) is 5.26. The van der Waals surface area contributed by atoms with Crippen molar-refractivity contribution in [3.8, 4) is 0 Å². The molecule has 0 radical (unpaired) electrons. The molecule has 1 heterocycles. The Balaban J connectivity index is 2.15. The van der Waals surface area contributed by atoms with Crippen LogP contribution in [0.5, 0.6) is 0 Å². The maximum atomic E-state index is 6.08. The first-order valence-electron chi connectivity index (χ1n) is 5.03. The Morgan fingerprint density at radius 2 is 2.00 bits per heavy atom. The number of nitrogens with one attached hydrogen (secondary N) is 1. The summed E-state index contributed by atoms with van der Waals surface area (Å²) in [6.07, 6.45) is 0. The topological polar surface area (TPSA) is 25.2 Å². The van der Waals surface area contributed by atoms with Crippen LogP contribution < -0.4 is 5.32 Å². The van der Waals surface area contributed by atoms with Gasteiger partial charge in [-0.3, -0.25) is 0 Å². The van der Waals surface area contributed by atoms with Gasteiger partial charge >= 0.3 is 0 Å². The number of anilines is 1. The van der Waals surface area contributed by atoms with Gasteiger partial charge < -0.3 is 9.73 Å². The number of halogens is 3. The van der Waals surface area contributed by atoms with Gasteiger partial charge in [-0.25, -0.2) is 0 Å². The summed E-state index contributed by atoms with van der Waals surface area (Å²) in [5.41, 5.74) is 0.830. The molecule has 1 aromatic carbocycles. The number of hydrogen-bond acceptors (Lipinski definition) is 2. The van der Waals surface area contributed by atoms with E-state index in [2.05, 4.69) is 21.2 Å². The maximum absolute atomic E-state index is 6.08. The first kappa shape index (κ1) is 12.8. The summed E-state index contributed by atoms with van der Waals surface area (Å²) < 4.78 is 6.18. The monoisotopic (exact) mass is 333 g/mol. The summed E-state index contributed by atoms with van der Waals surface area (Å²) in [4.78, 5) is 0. The van der Waals surface area contributed by atoms with Crippen molar-refractivity contribution in [2.75, 3.05) is 5.32 Å². The van der Waals surface area contributed by atoms with E-state index >= 15 is 0 Å². The first-order valence-corrected chi connectivity index (χ1v) is 6.58. The van der Waals surface area contributed by atoms with Gasteiger partial charge in [0.05, 0.1) is 16.8 Å². The van der Waals surface area contributed by atoms with Crippen molar-refractivity contribution >= 4 is 44.8 Å². The lowest BCUT2D eigenvalue weighted by atomic mass is 10.2. The van der Waals surface area contributed by atoms with Gasteiger partial charge in [-0.05, 0) is 53.2 Å². The minimum atomic E-state index is 0.0278. The van der Waals surface area contributed by atoms with E-state index in [0.29, 0.717) is 14.7 Å². The summed E-state index contributed by atoms with van der Waals surface area (Å²) in [5.74, 6) is 0.836. The van der Waals surface area contributed by atoms with Crippen molar-refractivity contribution in [1.82, 2.24) is 0 Å². The maximum Gasteiger partial charge on any atom is 0.169 e. The van der Waals surface area contributed by atoms with E-state index in [0.717, 1.165) is 11.4 Å². The van der Waals surface area contributed by atoms with Gasteiger partial charge in [0.15, 0.2) is 4.67 Å². The van der Waals surface area contributed by atoms with E-state index in [1.807, 2.05) is 25.1 Å².